The molecule has 1 aromatic rings. The molecule has 4 nitrogen and oxygen atoms in total. The van der Waals surface area contributed by atoms with Crippen LogP contribution in [0.15, 0.2) is 12.3 Å². The van der Waals surface area contributed by atoms with E-state index in [2.05, 4.69) is 4.98 Å². The Kier molecular flexibility index (Phi) is 2.54. The van der Waals surface area contributed by atoms with Crippen LogP contribution in [0, 0.1) is 6.92 Å². The quantitative estimate of drug-likeness (QED) is 0.605. The van der Waals surface area contributed by atoms with Gasteiger partial charge in [-0.2, -0.15) is 0 Å². The minimum absolute atomic E-state index is 0.150. The van der Waals surface area contributed by atoms with Crippen LogP contribution in [-0.4, -0.2) is 16.7 Å². The lowest BCUT2D eigenvalue weighted by Crippen LogP contribution is -2.38. The predicted octanol–water partition coefficient (Wildman–Crippen LogP) is 0.138. The highest BCUT2D eigenvalue weighted by Crippen LogP contribution is 2.22. The fourth-order valence-electron chi connectivity index (χ4n) is 1.12. The van der Waals surface area contributed by atoms with Gasteiger partial charge in [0.1, 0.15) is 5.82 Å². The number of hydrogen-bond donors (Lipinski definition) is 3. The first-order chi connectivity index (χ1) is 5.97. The van der Waals surface area contributed by atoms with E-state index in [1.807, 2.05) is 13.0 Å². The van der Waals surface area contributed by atoms with Gasteiger partial charge in [0.2, 0.25) is 0 Å². The first-order valence-electron chi connectivity index (χ1n) is 4.09. The van der Waals surface area contributed by atoms with Crippen LogP contribution < -0.4 is 11.5 Å². The van der Waals surface area contributed by atoms with Crippen LogP contribution in [0.4, 0.5) is 5.82 Å². The summed E-state index contributed by atoms with van der Waals surface area (Å²) in [6.45, 7) is 3.48. The summed E-state index contributed by atoms with van der Waals surface area (Å²) in [6.07, 6.45) is 1.67. The third-order valence-electron chi connectivity index (χ3n) is 2.00. The second-order valence-electron chi connectivity index (χ2n) is 3.52. The van der Waals surface area contributed by atoms with E-state index in [1.165, 1.54) is 0 Å². The van der Waals surface area contributed by atoms with E-state index in [-0.39, 0.29) is 6.61 Å². The minimum Gasteiger partial charge on any atom is -0.394 e. The SMILES string of the molecule is Cc1cnc(N)c([C@](C)(N)CO)c1. The number of hydrogen-bond acceptors (Lipinski definition) is 4. The van der Waals surface area contributed by atoms with Crippen molar-refractivity contribution in [3.63, 3.8) is 0 Å². The molecule has 1 rings (SSSR count). The molecule has 5 N–H and O–H groups in total. The lowest BCUT2D eigenvalue weighted by Gasteiger charge is -2.23. The molecular formula is C9H15N3O. The summed E-state index contributed by atoms with van der Waals surface area (Å²) < 4.78 is 0. The molecule has 0 bridgehead atoms. The van der Waals surface area contributed by atoms with Gasteiger partial charge in [-0.1, -0.05) is 0 Å². The summed E-state index contributed by atoms with van der Waals surface area (Å²) in [6, 6.07) is 1.85. The van der Waals surface area contributed by atoms with E-state index in [9.17, 15) is 0 Å². The van der Waals surface area contributed by atoms with E-state index in [1.54, 1.807) is 13.1 Å². The molecule has 0 aliphatic rings. The molecule has 0 aliphatic heterocycles. The summed E-state index contributed by atoms with van der Waals surface area (Å²) in [7, 11) is 0. The summed E-state index contributed by atoms with van der Waals surface area (Å²) in [5.74, 6) is 0.379. The minimum atomic E-state index is -0.816. The van der Waals surface area contributed by atoms with Gasteiger partial charge in [0.25, 0.3) is 0 Å². The molecule has 13 heavy (non-hydrogen) atoms. The fourth-order valence-corrected chi connectivity index (χ4v) is 1.12. The molecule has 0 unspecified atom stereocenters. The Hall–Kier alpha value is -1.13. The number of nitrogens with zero attached hydrogens (tertiary/aromatic N) is 1. The van der Waals surface area contributed by atoms with Gasteiger partial charge in [0, 0.05) is 11.8 Å². The Morgan fingerprint density at radius 2 is 2.23 bits per heavy atom. The Labute approximate surface area is 77.6 Å². The molecule has 0 radical (unpaired) electrons. The van der Waals surface area contributed by atoms with Crippen LogP contribution in [0.3, 0.4) is 0 Å². The highest BCUT2D eigenvalue weighted by Gasteiger charge is 2.23. The van der Waals surface area contributed by atoms with Crippen molar-refractivity contribution in [2.24, 2.45) is 5.73 Å². The average molecular weight is 181 g/mol. The summed E-state index contributed by atoms with van der Waals surface area (Å²) in [4.78, 5) is 3.98. The van der Waals surface area contributed by atoms with E-state index < -0.39 is 5.54 Å². The zero-order valence-corrected chi connectivity index (χ0v) is 7.91. The van der Waals surface area contributed by atoms with Gasteiger partial charge in [-0.3, -0.25) is 0 Å². The van der Waals surface area contributed by atoms with E-state index >= 15 is 0 Å². The number of rotatable bonds is 2. The largest absolute Gasteiger partial charge is 0.394 e. The predicted molar refractivity (Wildman–Crippen MR) is 52.0 cm³/mol. The van der Waals surface area contributed by atoms with Crippen molar-refractivity contribution in [1.82, 2.24) is 4.98 Å². The van der Waals surface area contributed by atoms with Crippen LogP contribution in [0.1, 0.15) is 18.1 Å². The van der Waals surface area contributed by atoms with E-state index in [0.717, 1.165) is 5.56 Å². The number of anilines is 1. The number of aromatic nitrogens is 1. The number of aliphatic hydroxyl groups excluding tert-OH is 1. The second kappa shape index (κ2) is 3.32. The third-order valence-corrected chi connectivity index (χ3v) is 2.00. The first kappa shape index (κ1) is 9.95. The van der Waals surface area contributed by atoms with Gasteiger partial charge in [-0.15, -0.1) is 0 Å². The number of aliphatic hydroxyl groups is 1. The maximum Gasteiger partial charge on any atom is 0.128 e. The van der Waals surface area contributed by atoms with Gasteiger partial charge in [-0.25, -0.2) is 4.98 Å². The number of nitrogens with two attached hydrogens (primary N) is 2. The van der Waals surface area contributed by atoms with Gasteiger partial charge >= 0.3 is 0 Å². The molecule has 0 saturated heterocycles. The molecule has 72 valence electrons. The van der Waals surface area contributed by atoms with Crippen molar-refractivity contribution in [1.29, 1.82) is 0 Å². The normalized spacial score (nSPS) is 15.4. The maximum absolute atomic E-state index is 9.05. The zero-order valence-electron chi connectivity index (χ0n) is 7.91. The number of pyridine rings is 1. The summed E-state index contributed by atoms with van der Waals surface area (Å²) >= 11 is 0. The molecule has 1 atom stereocenters. The van der Waals surface area contributed by atoms with Crippen LogP contribution >= 0.6 is 0 Å². The van der Waals surface area contributed by atoms with Crippen LogP contribution in [0.25, 0.3) is 0 Å². The molecule has 1 heterocycles. The second-order valence-corrected chi connectivity index (χ2v) is 3.52. The Morgan fingerprint density at radius 1 is 1.62 bits per heavy atom. The standard InChI is InChI=1S/C9H15N3O/c1-6-3-7(8(10)12-4-6)9(2,11)5-13/h3-4,13H,5,11H2,1-2H3,(H2,10,12)/t9-/m1/s1. The number of aryl methyl sites for hydroxylation is 1. The zero-order chi connectivity index (χ0) is 10.1. The van der Waals surface area contributed by atoms with Crippen LogP contribution in [0.2, 0.25) is 0 Å². The maximum atomic E-state index is 9.05. The van der Waals surface area contributed by atoms with Crippen molar-refractivity contribution in [2.75, 3.05) is 12.3 Å². The van der Waals surface area contributed by atoms with Crippen LogP contribution in [-0.2, 0) is 5.54 Å². The van der Waals surface area contributed by atoms with Gasteiger partial charge in [0.15, 0.2) is 0 Å². The number of nitrogen functional groups attached to an aromatic ring is 1. The fraction of sp³-hybridized carbons (Fsp3) is 0.444. The monoisotopic (exact) mass is 181 g/mol. The Morgan fingerprint density at radius 3 is 2.77 bits per heavy atom. The lowest BCUT2D eigenvalue weighted by atomic mass is 9.94. The molecule has 0 saturated carbocycles. The highest BCUT2D eigenvalue weighted by atomic mass is 16.3. The third kappa shape index (κ3) is 1.96. The molecule has 0 fully saturated rings. The van der Waals surface area contributed by atoms with Crippen molar-refractivity contribution < 1.29 is 5.11 Å². The Balaban J connectivity index is 3.20. The van der Waals surface area contributed by atoms with Gasteiger partial charge in [0.05, 0.1) is 12.1 Å². The van der Waals surface area contributed by atoms with Gasteiger partial charge in [-0.05, 0) is 25.5 Å². The molecule has 0 aliphatic carbocycles. The average Bonchev–Trinajstić information content (AvgIpc) is 2.09. The van der Waals surface area contributed by atoms with E-state index in [0.29, 0.717) is 11.4 Å². The molecule has 0 aromatic carbocycles. The molecule has 0 spiro atoms. The van der Waals surface area contributed by atoms with Crippen molar-refractivity contribution in [3.8, 4) is 0 Å². The highest BCUT2D eigenvalue weighted by molar-refractivity contribution is 5.45. The van der Waals surface area contributed by atoms with Crippen molar-refractivity contribution in [2.45, 2.75) is 19.4 Å². The molecule has 0 amide bonds. The first-order valence-corrected chi connectivity index (χ1v) is 4.09. The Bertz CT molecular complexity index is 310. The van der Waals surface area contributed by atoms with E-state index in [4.69, 9.17) is 16.6 Å². The van der Waals surface area contributed by atoms with Crippen LogP contribution in [0.5, 0.6) is 0 Å². The van der Waals surface area contributed by atoms with Crippen molar-refractivity contribution in [3.05, 3.63) is 23.4 Å². The summed E-state index contributed by atoms with van der Waals surface area (Å²) in [5, 5.41) is 9.05. The molecule has 4 heteroatoms. The molecular weight excluding hydrogens is 166 g/mol. The smallest absolute Gasteiger partial charge is 0.128 e. The summed E-state index contributed by atoms with van der Waals surface area (Å²) in [5.41, 5.74) is 12.3. The lowest BCUT2D eigenvalue weighted by molar-refractivity contribution is 0.210. The topological polar surface area (TPSA) is 85.2 Å². The van der Waals surface area contributed by atoms with Gasteiger partial charge < -0.3 is 16.6 Å². The van der Waals surface area contributed by atoms with Crippen molar-refractivity contribution >= 4 is 5.82 Å². The molecule has 1 aromatic heterocycles.